The van der Waals surface area contributed by atoms with Crippen molar-refractivity contribution in [3.8, 4) is 0 Å². The monoisotopic (exact) mass is 259 g/mol. The predicted octanol–water partition coefficient (Wildman–Crippen LogP) is 2.62. The SMILES string of the molecule is CC[C@@H]1CN1P(=O)(N(CC)CC)N1C[C@H]1CC. The van der Waals surface area contributed by atoms with Crippen molar-refractivity contribution < 1.29 is 4.57 Å². The first-order chi connectivity index (χ1) is 8.13. The Morgan fingerprint density at radius 1 is 1.00 bits per heavy atom. The molecule has 0 aromatic carbocycles. The van der Waals surface area contributed by atoms with Crippen LogP contribution in [0.4, 0.5) is 0 Å². The molecule has 2 aliphatic heterocycles. The molecule has 2 aliphatic rings. The van der Waals surface area contributed by atoms with Crippen LogP contribution >= 0.6 is 7.59 Å². The molecule has 4 atom stereocenters. The Bertz CT molecular complexity index is 297. The summed E-state index contributed by atoms with van der Waals surface area (Å²) in [6, 6.07) is 1.11. The molecular weight excluding hydrogens is 233 g/mol. The highest BCUT2D eigenvalue weighted by Crippen LogP contribution is 2.66. The molecule has 0 aromatic heterocycles. The second-order valence-electron chi connectivity index (χ2n) is 5.02. The Kier molecular flexibility index (Phi) is 3.99. The van der Waals surface area contributed by atoms with E-state index in [1.807, 2.05) is 0 Å². The highest BCUT2D eigenvalue weighted by molar-refractivity contribution is 7.57. The van der Waals surface area contributed by atoms with Gasteiger partial charge in [0, 0.05) is 38.3 Å². The maximum Gasteiger partial charge on any atom is 0.287 e. The van der Waals surface area contributed by atoms with E-state index < -0.39 is 7.59 Å². The van der Waals surface area contributed by atoms with Crippen LogP contribution in [0.1, 0.15) is 40.5 Å². The molecule has 0 aliphatic carbocycles. The lowest BCUT2D eigenvalue weighted by Gasteiger charge is -2.32. The molecule has 2 heterocycles. The predicted molar refractivity (Wildman–Crippen MR) is 72.1 cm³/mol. The summed E-state index contributed by atoms with van der Waals surface area (Å²) in [6.45, 7) is 12.4. The van der Waals surface area contributed by atoms with Gasteiger partial charge in [0.25, 0.3) is 7.59 Å². The van der Waals surface area contributed by atoms with E-state index in [0.29, 0.717) is 12.1 Å². The van der Waals surface area contributed by atoms with Crippen LogP contribution in [0.15, 0.2) is 0 Å². The summed E-state index contributed by atoms with van der Waals surface area (Å²) >= 11 is 0. The van der Waals surface area contributed by atoms with Crippen molar-refractivity contribution in [2.75, 3.05) is 26.2 Å². The van der Waals surface area contributed by atoms with E-state index in [-0.39, 0.29) is 0 Å². The Balaban J connectivity index is 2.15. The zero-order valence-electron chi connectivity index (χ0n) is 11.6. The van der Waals surface area contributed by atoms with Gasteiger partial charge in [0.15, 0.2) is 0 Å². The minimum absolute atomic E-state index is 0.555. The fourth-order valence-electron chi connectivity index (χ4n) is 2.72. The van der Waals surface area contributed by atoms with E-state index in [0.717, 1.165) is 39.0 Å². The average molecular weight is 259 g/mol. The zero-order valence-corrected chi connectivity index (χ0v) is 12.5. The first kappa shape index (κ1) is 13.5. The number of hydrogen-bond acceptors (Lipinski definition) is 1. The van der Waals surface area contributed by atoms with Gasteiger partial charge in [-0.1, -0.05) is 27.7 Å². The molecule has 0 amide bonds. The van der Waals surface area contributed by atoms with Crippen LogP contribution in [0.5, 0.6) is 0 Å². The quantitative estimate of drug-likeness (QED) is 0.518. The molecule has 0 N–H and O–H groups in total. The van der Waals surface area contributed by atoms with Gasteiger partial charge < -0.3 is 0 Å². The van der Waals surface area contributed by atoms with Gasteiger partial charge in [-0.25, -0.2) is 14.0 Å². The van der Waals surface area contributed by atoms with Crippen LogP contribution in [0.2, 0.25) is 0 Å². The van der Waals surface area contributed by atoms with Gasteiger partial charge in [0.05, 0.1) is 0 Å². The highest BCUT2D eigenvalue weighted by Gasteiger charge is 2.58. The summed E-state index contributed by atoms with van der Waals surface area (Å²) in [6.07, 6.45) is 2.24. The minimum atomic E-state index is -2.40. The molecule has 2 fully saturated rings. The smallest absolute Gasteiger partial charge is 0.270 e. The lowest BCUT2D eigenvalue weighted by molar-refractivity contribution is 0.377. The second kappa shape index (κ2) is 5.00. The molecule has 17 heavy (non-hydrogen) atoms. The van der Waals surface area contributed by atoms with E-state index >= 15 is 0 Å². The second-order valence-corrected chi connectivity index (χ2v) is 7.64. The molecule has 0 bridgehead atoms. The Hall–Kier alpha value is 0.110. The largest absolute Gasteiger partial charge is 0.287 e. The van der Waals surface area contributed by atoms with Gasteiger partial charge >= 0.3 is 0 Å². The van der Waals surface area contributed by atoms with Gasteiger partial charge in [0.1, 0.15) is 0 Å². The van der Waals surface area contributed by atoms with Crippen LogP contribution in [0, 0.1) is 0 Å². The van der Waals surface area contributed by atoms with Crippen molar-refractivity contribution in [1.82, 2.24) is 14.0 Å². The summed E-state index contributed by atoms with van der Waals surface area (Å²) in [5, 5.41) is 0. The minimum Gasteiger partial charge on any atom is -0.270 e. The standard InChI is InChI=1S/C12H26N3OP/c1-5-11-9-14(11)17(16,13(7-3)8-4)15-10-12(15)6-2/h11-12H,5-10H2,1-4H3/t11-,12-,14?,15?,17?/m1/s1. The fraction of sp³-hybridized carbons (Fsp3) is 1.00. The molecule has 5 heteroatoms. The summed E-state index contributed by atoms with van der Waals surface area (Å²) in [7, 11) is -2.40. The molecular formula is C12H26N3OP. The number of rotatable bonds is 7. The average Bonchev–Trinajstić information content (AvgIpc) is 3.22. The van der Waals surface area contributed by atoms with Gasteiger partial charge in [-0.15, -0.1) is 0 Å². The molecule has 2 unspecified atom stereocenters. The molecule has 2 rings (SSSR count). The van der Waals surface area contributed by atoms with Crippen LogP contribution in [-0.4, -0.2) is 52.3 Å². The summed E-state index contributed by atoms with van der Waals surface area (Å²) in [4.78, 5) is 0. The normalized spacial score (nSPS) is 39.1. The van der Waals surface area contributed by atoms with Gasteiger partial charge in [-0.05, 0) is 12.8 Å². The van der Waals surface area contributed by atoms with Crippen LogP contribution < -0.4 is 0 Å². The van der Waals surface area contributed by atoms with E-state index in [9.17, 15) is 4.57 Å². The topological polar surface area (TPSA) is 26.3 Å². The van der Waals surface area contributed by atoms with Crippen molar-refractivity contribution >= 4 is 7.59 Å². The van der Waals surface area contributed by atoms with E-state index in [4.69, 9.17) is 0 Å². The molecule has 4 nitrogen and oxygen atoms in total. The van der Waals surface area contributed by atoms with Crippen molar-refractivity contribution in [3.63, 3.8) is 0 Å². The van der Waals surface area contributed by atoms with Gasteiger partial charge in [-0.3, -0.25) is 4.57 Å². The van der Waals surface area contributed by atoms with Crippen molar-refractivity contribution in [3.05, 3.63) is 0 Å². The summed E-state index contributed by atoms with van der Waals surface area (Å²) in [5.41, 5.74) is 0. The van der Waals surface area contributed by atoms with Gasteiger partial charge in [-0.2, -0.15) is 0 Å². The third kappa shape index (κ3) is 2.21. The molecule has 0 radical (unpaired) electrons. The van der Waals surface area contributed by atoms with Crippen LogP contribution in [0.3, 0.4) is 0 Å². The molecule has 2 saturated heterocycles. The molecule has 0 aromatic rings. The van der Waals surface area contributed by atoms with E-state index in [1.165, 1.54) is 0 Å². The lowest BCUT2D eigenvalue weighted by Crippen LogP contribution is -2.28. The highest BCUT2D eigenvalue weighted by atomic mass is 31.2. The maximum absolute atomic E-state index is 13.4. The summed E-state index contributed by atoms with van der Waals surface area (Å²) < 4.78 is 20.1. The zero-order chi connectivity index (χ0) is 12.6. The van der Waals surface area contributed by atoms with Crippen molar-refractivity contribution in [2.45, 2.75) is 52.6 Å². The molecule has 0 spiro atoms. The molecule has 100 valence electrons. The van der Waals surface area contributed by atoms with Crippen LogP contribution in [0.25, 0.3) is 0 Å². The van der Waals surface area contributed by atoms with E-state index in [2.05, 4.69) is 41.7 Å². The third-order valence-electron chi connectivity index (χ3n) is 4.08. The Morgan fingerprint density at radius 2 is 1.41 bits per heavy atom. The van der Waals surface area contributed by atoms with Crippen molar-refractivity contribution in [2.24, 2.45) is 0 Å². The number of hydrogen-bond donors (Lipinski definition) is 0. The first-order valence-electron chi connectivity index (χ1n) is 7.03. The lowest BCUT2D eigenvalue weighted by atomic mass is 10.4. The first-order valence-corrected chi connectivity index (χ1v) is 8.59. The summed E-state index contributed by atoms with van der Waals surface area (Å²) in [5.74, 6) is 0. The van der Waals surface area contributed by atoms with Crippen molar-refractivity contribution in [1.29, 1.82) is 0 Å². The molecule has 0 saturated carbocycles. The Labute approximate surface area is 105 Å². The fourth-order valence-corrected chi connectivity index (χ4v) is 6.38. The van der Waals surface area contributed by atoms with E-state index in [1.54, 1.807) is 0 Å². The maximum atomic E-state index is 13.4. The third-order valence-corrected chi connectivity index (χ3v) is 7.70. The Morgan fingerprint density at radius 3 is 1.65 bits per heavy atom. The van der Waals surface area contributed by atoms with Gasteiger partial charge in [0.2, 0.25) is 0 Å². The van der Waals surface area contributed by atoms with Crippen LogP contribution in [-0.2, 0) is 4.57 Å². The number of nitrogens with zero attached hydrogens (tertiary/aromatic N) is 3.